The third-order valence-electron chi connectivity index (χ3n) is 2.33. The van der Waals surface area contributed by atoms with Crippen molar-refractivity contribution in [3.05, 3.63) is 35.1 Å². The zero-order chi connectivity index (χ0) is 15.3. The van der Waals surface area contributed by atoms with Gasteiger partial charge in [-0.05, 0) is 18.2 Å². The molecular weight excluding hydrogens is 280 g/mol. The van der Waals surface area contributed by atoms with Crippen LogP contribution in [0.1, 0.15) is 11.1 Å². The van der Waals surface area contributed by atoms with Gasteiger partial charge in [-0.1, -0.05) is 0 Å². The van der Waals surface area contributed by atoms with Crippen LogP contribution >= 0.6 is 0 Å². The number of carboxylic acid groups (broad SMARTS) is 1. The highest BCUT2D eigenvalue weighted by Crippen LogP contribution is 2.19. The van der Waals surface area contributed by atoms with Crippen molar-refractivity contribution in [2.75, 3.05) is 13.1 Å². The molecule has 4 nitrogen and oxygen atoms in total. The number of carbonyl (C=O) groups is 1. The lowest BCUT2D eigenvalue weighted by Gasteiger charge is -2.22. The molecule has 0 saturated carbocycles. The number of hydrogen-bond acceptors (Lipinski definition) is 3. The van der Waals surface area contributed by atoms with Crippen molar-refractivity contribution in [1.29, 1.82) is 5.26 Å². The largest absolute Gasteiger partial charge is 0.480 e. The first kappa shape index (κ1) is 15.9. The van der Waals surface area contributed by atoms with Crippen LogP contribution in [0.4, 0.5) is 17.6 Å². The number of aliphatic carboxylic acids is 1. The fourth-order valence-electron chi connectivity index (χ4n) is 1.62. The highest BCUT2D eigenvalue weighted by molar-refractivity contribution is 5.69. The van der Waals surface area contributed by atoms with Gasteiger partial charge in [0.2, 0.25) is 0 Å². The maximum atomic E-state index is 13.5. The Bertz CT molecular complexity index is 537. The first-order valence-corrected chi connectivity index (χ1v) is 5.40. The second kappa shape index (κ2) is 6.34. The van der Waals surface area contributed by atoms with Crippen LogP contribution in [-0.2, 0) is 11.3 Å². The van der Waals surface area contributed by atoms with Crippen LogP contribution in [0.15, 0.2) is 18.2 Å². The summed E-state index contributed by atoms with van der Waals surface area (Å²) in [6.45, 7) is -2.90. The van der Waals surface area contributed by atoms with Gasteiger partial charge >= 0.3 is 12.1 Å². The monoisotopic (exact) mass is 290 g/mol. The number of hydrogen-bond donors (Lipinski definition) is 1. The summed E-state index contributed by atoms with van der Waals surface area (Å²) in [5.41, 5.74) is -0.0711. The van der Waals surface area contributed by atoms with E-state index in [1.807, 2.05) is 0 Å². The summed E-state index contributed by atoms with van der Waals surface area (Å²) in [4.78, 5) is 11.1. The number of nitrogens with zero attached hydrogens (tertiary/aromatic N) is 2. The number of alkyl halides is 3. The Morgan fingerprint density at radius 1 is 1.40 bits per heavy atom. The molecule has 1 N–H and O–H groups in total. The van der Waals surface area contributed by atoms with E-state index in [9.17, 15) is 22.4 Å². The molecular formula is C12H10F4N2O2. The summed E-state index contributed by atoms with van der Waals surface area (Å²) in [5.74, 6) is -2.24. The van der Waals surface area contributed by atoms with E-state index < -0.39 is 37.6 Å². The van der Waals surface area contributed by atoms with E-state index in [0.29, 0.717) is 4.90 Å². The molecule has 0 aromatic heterocycles. The third kappa shape index (κ3) is 5.24. The molecule has 1 aromatic rings. The van der Waals surface area contributed by atoms with Gasteiger partial charge in [0, 0.05) is 12.1 Å². The minimum atomic E-state index is -4.60. The maximum absolute atomic E-state index is 13.5. The Hall–Kier alpha value is -2.14. The molecule has 1 rings (SSSR count). The predicted molar refractivity (Wildman–Crippen MR) is 60.1 cm³/mol. The molecule has 108 valence electrons. The Labute approximate surface area is 111 Å². The van der Waals surface area contributed by atoms with E-state index in [0.717, 1.165) is 12.1 Å². The van der Waals surface area contributed by atoms with Crippen molar-refractivity contribution in [2.24, 2.45) is 0 Å². The molecule has 1 aromatic carbocycles. The van der Waals surface area contributed by atoms with Gasteiger partial charge in [0.05, 0.1) is 24.7 Å². The number of halogens is 4. The molecule has 0 heterocycles. The van der Waals surface area contributed by atoms with Crippen molar-refractivity contribution in [1.82, 2.24) is 4.90 Å². The van der Waals surface area contributed by atoms with E-state index in [2.05, 4.69) is 0 Å². The summed E-state index contributed by atoms with van der Waals surface area (Å²) in [7, 11) is 0. The lowest BCUT2D eigenvalue weighted by molar-refractivity contribution is -0.154. The summed E-state index contributed by atoms with van der Waals surface area (Å²) < 4.78 is 50.4. The quantitative estimate of drug-likeness (QED) is 0.844. The van der Waals surface area contributed by atoms with Crippen LogP contribution in [0.5, 0.6) is 0 Å². The summed E-state index contributed by atoms with van der Waals surface area (Å²) >= 11 is 0. The lowest BCUT2D eigenvalue weighted by atomic mass is 10.1. The van der Waals surface area contributed by atoms with Crippen molar-refractivity contribution in [3.63, 3.8) is 0 Å². The molecule has 0 saturated heterocycles. The van der Waals surface area contributed by atoms with Crippen LogP contribution in [0, 0.1) is 17.1 Å². The van der Waals surface area contributed by atoms with Crippen molar-refractivity contribution in [2.45, 2.75) is 12.7 Å². The van der Waals surface area contributed by atoms with E-state index >= 15 is 0 Å². The SMILES string of the molecule is N#Cc1ccc(F)c(CN(CC(=O)O)CC(F)(F)F)c1. The molecule has 0 fully saturated rings. The second-order valence-corrected chi connectivity index (χ2v) is 4.07. The molecule has 0 aliphatic heterocycles. The van der Waals surface area contributed by atoms with Crippen molar-refractivity contribution >= 4 is 5.97 Å². The van der Waals surface area contributed by atoms with Crippen LogP contribution < -0.4 is 0 Å². The number of carboxylic acids is 1. The Morgan fingerprint density at radius 2 is 2.05 bits per heavy atom. The summed E-state index contributed by atoms with van der Waals surface area (Å²) in [6, 6.07) is 4.97. The number of rotatable bonds is 5. The molecule has 0 atom stereocenters. The van der Waals surface area contributed by atoms with Gasteiger partial charge in [0.1, 0.15) is 5.82 Å². The average molecular weight is 290 g/mol. The van der Waals surface area contributed by atoms with Gasteiger partial charge in [-0.15, -0.1) is 0 Å². The summed E-state index contributed by atoms with van der Waals surface area (Å²) in [6.07, 6.45) is -4.60. The van der Waals surface area contributed by atoms with Gasteiger partial charge in [0.15, 0.2) is 0 Å². The van der Waals surface area contributed by atoms with Crippen LogP contribution in [0.3, 0.4) is 0 Å². The highest BCUT2D eigenvalue weighted by Gasteiger charge is 2.31. The van der Waals surface area contributed by atoms with E-state index in [4.69, 9.17) is 10.4 Å². The van der Waals surface area contributed by atoms with Gasteiger partial charge in [-0.25, -0.2) is 4.39 Å². The molecule has 0 amide bonds. The van der Waals surface area contributed by atoms with E-state index in [1.54, 1.807) is 6.07 Å². The topological polar surface area (TPSA) is 64.3 Å². The first-order chi connectivity index (χ1) is 9.21. The minimum absolute atomic E-state index is 0.0867. The van der Waals surface area contributed by atoms with Gasteiger partial charge in [-0.3, -0.25) is 9.69 Å². The fraction of sp³-hybridized carbons (Fsp3) is 0.333. The lowest BCUT2D eigenvalue weighted by Crippen LogP contribution is -2.37. The average Bonchev–Trinajstić information content (AvgIpc) is 2.29. The number of benzene rings is 1. The first-order valence-electron chi connectivity index (χ1n) is 5.40. The molecule has 0 aliphatic carbocycles. The zero-order valence-corrected chi connectivity index (χ0v) is 10.1. The zero-order valence-electron chi connectivity index (χ0n) is 10.1. The molecule has 20 heavy (non-hydrogen) atoms. The van der Waals surface area contributed by atoms with Crippen molar-refractivity contribution in [3.8, 4) is 6.07 Å². The van der Waals surface area contributed by atoms with Crippen LogP contribution in [0.2, 0.25) is 0 Å². The highest BCUT2D eigenvalue weighted by atomic mass is 19.4. The van der Waals surface area contributed by atoms with Crippen LogP contribution in [0.25, 0.3) is 0 Å². The maximum Gasteiger partial charge on any atom is 0.401 e. The Morgan fingerprint density at radius 3 is 2.55 bits per heavy atom. The fourth-order valence-corrected chi connectivity index (χ4v) is 1.62. The standard InChI is InChI=1S/C12H10F4N2O2/c13-10-2-1-8(4-17)3-9(10)5-18(6-11(19)20)7-12(14,15)16/h1-3H,5-7H2,(H,19,20). The van der Waals surface area contributed by atoms with Gasteiger partial charge in [0.25, 0.3) is 0 Å². The van der Waals surface area contributed by atoms with Gasteiger partial charge < -0.3 is 5.11 Å². The third-order valence-corrected chi connectivity index (χ3v) is 2.33. The van der Waals surface area contributed by atoms with Gasteiger partial charge in [-0.2, -0.15) is 18.4 Å². The normalized spacial score (nSPS) is 11.4. The molecule has 0 aliphatic rings. The molecule has 0 radical (unpaired) electrons. The molecule has 0 bridgehead atoms. The van der Waals surface area contributed by atoms with E-state index in [1.165, 1.54) is 6.07 Å². The minimum Gasteiger partial charge on any atom is -0.480 e. The molecule has 8 heteroatoms. The number of nitriles is 1. The molecule has 0 unspecified atom stereocenters. The Kier molecular flexibility index (Phi) is 5.05. The van der Waals surface area contributed by atoms with Crippen LogP contribution in [-0.4, -0.2) is 35.2 Å². The Balaban J connectivity index is 2.94. The second-order valence-electron chi connectivity index (χ2n) is 4.07. The van der Waals surface area contributed by atoms with Crippen molar-refractivity contribution < 1.29 is 27.5 Å². The predicted octanol–water partition coefficient (Wildman–Crippen LogP) is 2.15. The van der Waals surface area contributed by atoms with E-state index in [-0.39, 0.29) is 11.1 Å². The molecule has 0 spiro atoms. The summed E-state index contributed by atoms with van der Waals surface area (Å²) in [5, 5.41) is 17.2. The smallest absolute Gasteiger partial charge is 0.401 e.